The fourth-order valence-electron chi connectivity index (χ4n) is 4.64. The molecule has 0 bridgehead atoms. The number of ketones is 1. The van der Waals surface area contributed by atoms with Gasteiger partial charge in [-0.2, -0.15) is 0 Å². The zero-order valence-electron chi connectivity index (χ0n) is 18.8. The average Bonchev–Trinajstić information content (AvgIpc) is 2.95. The molecule has 1 aliphatic carbocycles. The second kappa shape index (κ2) is 8.71. The third-order valence-electron chi connectivity index (χ3n) is 6.25. The predicted molar refractivity (Wildman–Crippen MR) is 136 cm³/mol. The first-order valence-corrected chi connectivity index (χ1v) is 12.0. The third kappa shape index (κ3) is 4.69. The second-order valence-corrected chi connectivity index (χ2v) is 10.5. The molecule has 33 heavy (non-hydrogen) atoms. The molecule has 4 nitrogen and oxygen atoms in total. The van der Waals surface area contributed by atoms with E-state index in [1.165, 1.54) is 0 Å². The molecule has 0 fully saturated rings. The number of halogens is 1. The molecule has 1 heterocycles. The highest BCUT2D eigenvalue weighted by Crippen LogP contribution is 2.45. The van der Waals surface area contributed by atoms with Crippen LogP contribution in [0.4, 0.5) is 11.4 Å². The van der Waals surface area contributed by atoms with Gasteiger partial charge in [-0.05, 0) is 59.4 Å². The minimum absolute atomic E-state index is 0.0581. The van der Waals surface area contributed by atoms with Gasteiger partial charge in [0.25, 0.3) is 0 Å². The monoisotopic (exact) mass is 502 g/mol. The Labute approximate surface area is 203 Å². The molecule has 1 aliphatic heterocycles. The minimum Gasteiger partial charge on any atom is -0.489 e. The SMILES string of the molecule is CC1(C)CC(=O)C2=C(C1)Nc1ccccc1N[C@@H]2c1ccc(OCc2ccc(Br)cc2)cc1. The number of hydrogen-bond acceptors (Lipinski definition) is 4. The molecule has 2 N–H and O–H groups in total. The number of Topliss-reactive ketones (excluding diaryl/α,β-unsaturated/α-hetero) is 1. The van der Waals surface area contributed by atoms with Gasteiger partial charge in [0, 0.05) is 22.2 Å². The maximum Gasteiger partial charge on any atom is 0.163 e. The summed E-state index contributed by atoms with van der Waals surface area (Å²) < 4.78 is 7.04. The molecule has 5 rings (SSSR count). The van der Waals surface area contributed by atoms with Gasteiger partial charge in [0.1, 0.15) is 12.4 Å². The van der Waals surface area contributed by atoms with Gasteiger partial charge in [-0.3, -0.25) is 4.79 Å². The highest BCUT2D eigenvalue weighted by atomic mass is 79.9. The van der Waals surface area contributed by atoms with Crippen LogP contribution in [0.5, 0.6) is 5.75 Å². The number of nitrogens with one attached hydrogen (secondary N) is 2. The van der Waals surface area contributed by atoms with Crippen LogP contribution < -0.4 is 15.4 Å². The van der Waals surface area contributed by atoms with Gasteiger partial charge in [0.2, 0.25) is 0 Å². The van der Waals surface area contributed by atoms with Crippen molar-refractivity contribution in [3.05, 3.63) is 99.7 Å². The van der Waals surface area contributed by atoms with Gasteiger partial charge in [-0.15, -0.1) is 0 Å². The van der Waals surface area contributed by atoms with Gasteiger partial charge in [-0.1, -0.05) is 66.2 Å². The van der Waals surface area contributed by atoms with Crippen molar-refractivity contribution in [1.82, 2.24) is 0 Å². The normalized spacial score (nSPS) is 19.0. The summed E-state index contributed by atoms with van der Waals surface area (Å²) in [6.07, 6.45) is 1.39. The van der Waals surface area contributed by atoms with E-state index < -0.39 is 0 Å². The van der Waals surface area contributed by atoms with Crippen molar-refractivity contribution in [3.63, 3.8) is 0 Å². The van der Waals surface area contributed by atoms with Crippen LogP contribution in [0.15, 0.2) is 88.5 Å². The summed E-state index contributed by atoms with van der Waals surface area (Å²) in [5.74, 6) is 1.01. The van der Waals surface area contributed by atoms with Crippen LogP contribution >= 0.6 is 15.9 Å². The molecule has 0 aromatic heterocycles. The van der Waals surface area contributed by atoms with E-state index in [2.05, 4.69) is 64.7 Å². The van der Waals surface area contributed by atoms with Crippen LogP contribution in [-0.4, -0.2) is 5.78 Å². The molecular formula is C28H27BrN2O2. The number of anilines is 2. The fraction of sp³-hybridized carbons (Fsp3) is 0.250. The molecule has 1 atom stereocenters. The number of rotatable bonds is 4. The third-order valence-corrected chi connectivity index (χ3v) is 6.78. The first-order chi connectivity index (χ1) is 15.9. The molecule has 3 aromatic rings. The standard InChI is InChI=1S/C28H27BrN2O2/c1-28(2)15-24-26(25(32)16-28)27(31-23-6-4-3-5-22(23)30-24)19-9-13-21(14-10-19)33-17-18-7-11-20(29)12-8-18/h3-14,27,30-31H,15-17H2,1-2H3/t27-/m1/s1. The van der Waals surface area contributed by atoms with Gasteiger partial charge >= 0.3 is 0 Å². The quantitative estimate of drug-likeness (QED) is 0.394. The van der Waals surface area contributed by atoms with E-state index in [0.717, 1.165) is 50.4 Å². The first kappa shape index (κ1) is 21.8. The Morgan fingerprint density at radius 3 is 2.36 bits per heavy atom. The van der Waals surface area contributed by atoms with Gasteiger partial charge < -0.3 is 15.4 Å². The van der Waals surface area contributed by atoms with Gasteiger partial charge in [-0.25, -0.2) is 0 Å². The van der Waals surface area contributed by atoms with Crippen LogP contribution in [0.3, 0.4) is 0 Å². The summed E-state index contributed by atoms with van der Waals surface area (Å²) >= 11 is 3.46. The maximum atomic E-state index is 13.3. The Morgan fingerprint density at radius 1 is 0.939 bits per heavy atom. The fourth-order valence-corrected chi connectivity index (χ4v) is 4.91. The van der Waals surface area contributed by atoms with E-state index in [4.69, 9.17) is 4.74 Å². The van der Waals surface area contributed by atoms with Gasteiger partial charge in [0.15, 0.2) is 5.78 Å². The topological polar surface area (TPSA) is 50.4 Å². The molecule has 168 valence electrons. The lowest BCUT2D eigenvalue weighted by atomic mass is 9.73. The number of benzene rings is 3. The number of hydrogen-bond donors (Lipinski definition) is 2. The second-order valence-electron chi connectivity index (χ2n) is 9.57. The van der Waals surface area contributed by atoms with Crippen molar-refractivity contribution >= 4 is 33.1 Å². The number of fused-ring (bicyclic) bond motifs is 1. The lowest BCUT2D eigenvalue weighted by Gasteiger charge is -2.34. The largest absolute Gasteiger partial charge is 0.489 e. The molecule has 0 radical (unpaired) electrons. The summed E-state index contributed by atoms with van der Waals surface area (Å²) in [5, 5.41) is 7.20. The summed E-state index contributed by atoms with van der Waals surface area (Å²) in [6, 6.07) is 24.1. The van der Waals surface area contributed by atoms with Crippen LogP contribution in [0.25, 0.3) is 0 Å². The Hall–Kier alpha value is -3.05. The molecule has 2 aliphatic rings. The number of allylic oxidation sites excluding steroid dienone is 1. The lowest BCUT2D eigenvalue weighted by Crippen LogP contribution is -2.31. The van der Waals surface area contributed by atoms with E-state index >= 15 is 0 Å². The van der Waals surface area contributed by atoms with E-state index in [-0.39, 0.29) is 17.2 Å². The molecule has 0 saturated heterocycles. The van der Waals surface area contributed by atoms with Crippen LogP contribution in [-0.2, 0) is 11.4 Å². The Balaban J connectivity index is 1.43. The molecular weight excluding hydrogens is 476 g/mol. The van der Waals surface area contributed by atoms with Crippen molar-refractivity contribution in [2.75, 3.05) is 10.6 Å². The smallest absolute Gasteiger partial charge is 0.163 e. The maximum absolute atomic E-state index is 13.3. The van der Waals surface area contributed by atoms with Crippen molar-refractivity contribution in [2.24, 2.45) is 5.41 Å². The highest BCUT2D eigenvalue weighted by molar-refractivity contribution is 9.10. The summed E-state index contributed by atoms with van der Waals surface area (Å²) in [4.78, 5) is 13.3. The predicted octanol–water partition coefficient (Wildman–Crippen LogP) is 7.25. The van der Waals surface area contributed by atoms with Gasteiger partial charge in [0.05, 0.1) is 17.4 Å². The summed E-state index contributed by atoms with van der Waals surface area (Å²) in [6.45, 7) is 4.83. The van der Waals surface area contributed by atoms with E-state index in [1.807, 2.05) is 48.5 Å². The molecule has 0 amide bonds. The molecule has 0 unspecified atom stereocenters. The van der Waals surface area contributed by atoms with E-state index in [9.17, 15) is 4.79 Å². The van der Waals surface area contributed by atoms with Crippen molar-refractivity contribution in [3.8, 4) is 5.75 Å². The Bertz CT molecular complexity index is 1210. The molecule has 5 heteroatoms. The van der Waals surface area contributed by atoms with Crippen molar-refractivity contribution < 1.29 is 9.53 Å². The lowest BCUT2D eigenvalue weighted by molar-refractivity contribution is -0.118. The number of carbonyl (C=O) groups is 1. The number of para-hydroxylation sites is 2. The van der Waals surface area contributed by atoms with Crippen LogP contribution in [0.2, 0.25) is 0 Å². The Morgan fingerprint density at radius 2 is 1.64 bits per heavy atom. The zero-order valence-corrected chi connectivity index (χ0v) is 20.4. The molecule has 3 aromatic carbocycles. The zero-order chi connectivity index (χ0) is 23.0. The minimum atomic E-state index is -0.208. The summed E-state index contributed by atoms with van der Waals surface area (Å²) in [5.41, 5.74) is 5.97. The molecule has 0 spiro atoms. The summed E-state index contributed by atoms with van der Waals surface area (Å²) in [7, 11) is 0. The first-order valence-electron chi connectivity index (χ1n) is 11.2. The average molecular weight is 503 g/mol. The number of carbonyl (C=O) groups excluding carboxylic acids is 1. The number of ether oxygens (including phenoxy) is 1. The van der Waals surface area contributed by atoms with Crippen molar-refractivity contribution in [1.29, 1.82) is 0 Å². The Kier molecular flexibility index (Phi) is 5.75. The molecule has 0 saturated carbocycles. The van der Waals surface area contributed by atoms with Crippen LogP contribution in [0, 0.1) is 5.41 Å². The highest BCUT2D eigenvalue weighted by Gasteiger charge is 2.38. The van der Waals surface area contributed by atoms with E-state index in [1.54, 1.807) is 0 Å². The van der Waals surface area contributed by atoms with Crippen molar-refractivity contribution in [2.45, 2.75) is 39.3 Å². The van der Waals surface area contributed by atoms with Crippen LogP contribution in [0.1, 0.15) is 43.9 Å². The van der Waals surface area contributed by atoms with E-state index in [0.29, 0.717) is 13.0 Å².